The van der Waals surface area contributed by atoms with Gasteiger partial charge in [-0.25, -0.2) is 0 Å². The van der Waals surface area contributed by atoms with Crippen LogP contribution in [0.4, 0.5) is 0 Å². The number of aryl methyl sites for hydroxylation is 2. The highest BCUT2D eigenvalue weighted by atomic mass is 16.5. The summed E-state index contributed by atoms with van der Waals surface area (Å²) in [5.41, 5.74) is 2.34. The van der Waals surface area contributed by atoms with E-state index in [-0.39, 0.29) is 0 Å². The van der Waals surface area contributed by atoms with E-state index in [4.69, 9.17) is 9.84 Å². The molecule has 72 valence electrons. The van der Waals surface area contributed by atoms with Crippen LogP contribution in [0.5, 0.6) is 5.75 Å². The number of benzene rings is 1. The van der Waals surface area contributed by atoms with Crippen LogP contribution in [0.2, 0.25) is 0 Å². The number of hydrogen-bond acceptors (Lipinski definition) is 2. The number of aliphatic hydroxyl groups excluding tert-OH is 1. The Bertz CT molecular complexity index is 279. The molecule has 0 aliphatic carbocycles. The summed E-state index contributed by atoms with van der Waals surface area (Å²) in [7, 11) is 0. The normalized spacial score (nSPS) is 12.6. The highest BCUT2D eigenvalue weighted by Crippen LogP contribution is 2.18. The SMILES string of the molecule is Cc1ccc(OC[C@@H](C)O)c(C)c1. The maximum absolute atomic E-state index is 9.03. The van der Waals surface area contributed by atoms with Gasteiger partial charge in [-0.3, -0.25) is 0 Å². The number of rotatable bonds is 3. The zero-order valence-electron chi connectivity index (χ0n) is 8.37. The monoisotopic (exact) mass is 180 g/mol. The van der Waals surface area contributed by atoms with Crippen LogP contribution in [0.15, 0.2) is 18.2 Å². The molecule has 0 spiro atoms. The van der Waals surface area contributed by atoms with Crippen LogP contribution in [0.25, 0.3) is 0 Å². The van der Waals surface area contributed by atoms with Crippen molar-refractivity contribution in [1.82, 2.24) is 0 Å². The van der Waals surface area contributed by atoms with E-state index < -0.39 is 6.10 Å². The molecule has 1 aromatic carbocycles. The first kappa shape index (κ1) is 10.1. The topological polar surface area (TPSA) is 29.5 Å². The third kappa shape index (κ3) is 3.07. The van der Waals surface area contributed by atoms with Crippen molar-refractivity contribution in [3.63, 3.8) is 0 Å². The lowest BCUT2D eigenvalue weighted by atomic mass is 10.1. The van der Waals surface area contributed by atoms with E-state index >= 15 is 0 Å². The van der Waals surface area contributed by atoms with Crippen molar-refractivity contribution in [3.8, 4) is 5.75 Å². The predicted molar refractivity (Wildman–Crippen MR) is 53.1 cm³/mol. The minimum atomic E-state index is -0.416. The molecule has 0 fully saturated rings. The fraction of sp³-hybridized carbons (Fsp3) is 0.455. The van der Waals surface area contributed by atoms with Gasteiger partial charge in [0.2, 0.25) is 0 Å². The summed E-state index contributed by atoms with van der Waals surface area (Å²) >= 11 is 0. The number of hydrogen-bond donors (Lipinski definition) is 1. The van der Waals surface area contributed by atoms with Gasteiger partial charge >= 0.3 is 0 Å². The Morgan fingerprint density at radius 1 is 1.38 bits per heavy atom. The highest BCUT2D eigenvalue weighted by molar-refractivity contribution is 5.35. The van der Waals surface area contributed by atoms with E-state index in [1.165, 1.54) is 5.56 Å². The van der Waals surface area contributed by atoms with Crippen molar-refractivity contribution in [1.29, 1.82) is 0 Å². The molecular weight excluding hydrogens is 164 g/mol. The second kappa shape index (κ2) is 4.28. The van der Waals surface area contributed by atoms with Gasteiger partial charge < -0.3 is 9.84 Å². The van der Waals surface area contributed by atoms with Crippen LogP contribution in [0.3, 0.4) is 0 Å². The van der Waals surface area contributed by atoms with Crippen molar-refractivity contribution in [2.45, 2.75) is 26.9 Å². The first-order valence-corrected chi connectivity index (χ1v) is 4.47. The first-order valence-electron chi connectivity index (χ1n) is 4.47. The number of ether oxygens (including phenoxy) is 1. The molecular formula is C11H16O2. The third-order valence-electron chi connectivity index (χ3n) is 1.81. The Morgan fingerprint density at radius 2 is 2.08 bits per heavy atom. The van der Waals surface area contributed by atoms with E-state index in [1.54, 1.807) is 6.92 Å². The lowest BCUT2D eigenvalue weighted by molar-refractivity contribution is 0.122. The molecule has 0 saturated carbocycles. The molecule has 13 heavy (non-hydrogen) atoms. The second-order valence-electron chi connectivity index (χ2n) is 3.43. The molecule has 1 rings (SSSR count). The smallest absolute Gasteiger partial charge is 0.122 e. The summed E-state index contributed by atoms with van der Waals surface area (Å²) in [5, 5.41) is 9.03. The van der Waals surface area contributed by atoms with Crippen LogP contribution in [0, 0.1) is 13.8 Å². The summed E-state index contributed by atoms with van der Waals surface area (Å²) < 4.78 is 5.40. The lowest BCUT2D eigenvalue weighted by Gasteiger charge is -2.10. The number of aliphatic hydroxyl groups is 1. The maximum atomic E-state index is 9.03. The van der Waals surface area contributed by atoms with Crippen LogP contribution >= 0.6 is 0 Å². The molecule has 0 aliphatic heterocycles. The Morgan fingerprint density at radius 3 is 2.62 bits per heavy atom. The van der Waals surface area contributed by atoms with E-state index in [2.05, 4.69) is 6.07 Å². The molecule has 0 saturated heterocycles. The van der Waals surface area contributed by atoms with Crippen molar-refractivity contribution in [2.24, 2.45) is 0 Å². The molecule has 0 heterocycles. The van der Waals surface area contributed by atoms with Gasteiger partial charge in [-0.05, 0) is 32.4 Å². The van der Waals surface area contributed by atoms with E-state index in [0.717, 1.165) is 11.3 Å². The van der Waals surface area contributed by atoms with Crippen LogP contribution in [0.1, 0.15) is 18.1 Å². The Kier molecular flexibility index (Phi) is 3.32. The van der Waals surface area contributed by atoms with Gasteiger partial charge in [-0.2, -0.15) is 0 Å². The maximum Gasteiger partial charge on any atom is 0.122 e. The Balaban J connectivity index is 2.67. The van der Waals surface area contributed by atoms with Crippen LogP contribution in [-0.4, -0.2) is 17.8 Å². The molecule has 1 aromatic rings. The molecule has 0 amide bonds. The van der Waals surface area contributed by atoms with E-state index in [9.17, 15) is 0 Å². The molecule has 0 radical (unpaired) electrons. The van der Waals surface area contributed by atoms with Gasteiger partial charge in [-0.1, -0.05) is 17.7 Å². The Hall–Kier alpha value is -1.02. The van der Waals surface area contributed by atoms with E-state index in [0.29, 0.717) is 6.61 Å². The highest BCUT2D eigenvalue weighted by Gasteiger charge is 2.01. The summed E-state index contributed by atoms with van der Waals surface area (Å²) in [4.78, 5) is 0. The molecule has 2 nitrogen and oxygen atoms in total. The van der Waals surface area contributed by atoms with Crippen molar-refractivity contribution >= 4 is 0 Å². The summed E-state index contributed by atoms with van der Waals surface area (Å²) in [5.74, 6) is 0.853. The molecule has 1 N–H and O–H groups in total. The zero-order valence-corrected chi connectivity index (χ0v) is 8.37. The van der Waals surface area contributed by atoms with Crippen LogP contribution in [-0.2, 0) is 0 Å². The zero-order chi connectivity index (χ0) is 9.84. The van der Waals surface area contributed by atoms with E-state index in [1.807, 2.05) is 26.0 Å². The van der Waals surface area contributed by atoms with Gasteiger partial charge in [-0.15, -0.1) is 0 Å². The van der Waals surface area contributed by atoms with Gasteiger partial charge in [0.25, 0.3) is 0 Å². The standard InChI is InChI=1S/C11H16O2/c1-8-4-5-11(9(2)6-8)13-7-10(3)12/h4-6,10,12H,7H2,1-3H3/t10-/m1/s1. The molecule has 2 heteroatoms. The minimum Gasteiger partial charge on any atom is -0.491 e. The molecule has 0 bridgehead atoms. The van der Waals surface area contributed by atoms with Crippen molar-refractivity contribution in [2.75, 3.05) is 6.61 Å². The average molecular weight is 180 g/mol. The minimum absolute atomic E-state index is 0.351. The largest absolute Gasteiger partial charge is 0.491 e. The van der Waals surface area contributed by atoms with Crippen molar-refractivity contribution < 1.29 is 9.84 Å². The Labute approximate surface area is 79.2 Å². The summed E-state index contributed by atoms with van der Waals surface area (Å²) in [6.45, 7) is 6.11. The third-order valence-corrected chi connectivity index (χ3v) is 1.81. The van der Waals surface area contributed by atoms with Crippen molar-refractivity contribution in [3.05, 3.63) is 29.3 Å². The molecule has 0 unspecified atom stereocenters. The fourth-order valence-electron chi connectivity index (χ4n) is 1.17. The first-order chi connectivity index (χ1) is 6.09. The summed E-state index contributed by atoms with van der Waals surface area (Å²) in [6.07, 6.45) is -0.416. The van der Waals surface area contributed by atoms with Gasteiger partial charge in [0.1, 0.15) is 12.4 Å². The van der Waals surface area contributed by atoms with Crippen LogP contribution < -0.4 is 4.74 Å². The second-order valence-corrected chi connectivity index (χ2v) is 3.43. The molecule has 0 aliphatic rings. The average Bonchev–Trinajstić information content (AvgIpc) is 2.02. The quantitative estimate of drug-likeness (QED) is 0.771. The molecule has 0 aromatic heterocycles. The molecule has 1 atom stereocenters. The predicted octanol–water partition coefficient (Wildman–Crippen LogP) is 2.06. The van der Waals surface area contributed by atoms with Gasteiger partial charge in [0, 0.05) is 0 Å². The summed E-state index contributed by atoms with van der Waals surface area (Å²) in [6, 6.07) is 6.01. The van der Waals surface area contributed by atoms with Gasteiger partial charge in [0.15, 0.2) is 0 Å². The lowest BCUT2D eigenvalue weighted by Crippen LogP contribution is -2.13. The van der Waals surface area contributed by atoms with Gasteiger partial charge in [0.05, 0.1) is 6.10 Å². The fourth-order valence-corrected chi connectivity index (χ4v) is 1.17.